The minimum atomic E-state index is 0.665. The van der Waals surface area contributed by atoms with Crippen molar-refractivity contribution in [2.75, 3.05) is 17.6 Å². The van der Waals surface area contributed by atoms with Crippen molar-refractivity contribution in [3.05, 3.63) is 5.56 Å². The average molecular weight is 269 g/mol. The van der Waals surface area contributed by atoms with Crippen LogP contribution < -0.4 is 11.1 Å². The number of nitrogens with one attached hydrogen (secondary N) is 1. The Morgan fingerprint density at radius 1 is 1.06 bits per heavy atom. The predicted octanol–water partition coefficient (Wildman–Crippen LogP) is 4.59. The van der Waals surface area contributed by atoms with Crippen LogP contribution in [0.3, 0.4) is 0 Å². The maximum atomic E-state index is 5.71. The zero-order valence-corrected chi connectivity index (χ0v) is 12.6. The van der Waals surface area contributed by atoms with Crippen LogP contribution in [0.25, 0.3) is 0 Å². The van der Waals surface area contributed by atoms with E-state index in [0.29, 0.717) is 5.82 Å². The number of nitrogens with two attached hydrogens (primary N) is 1. The lowest BCUT2D eigenvalue weighted by Crippen LogP contribution is -2.01. The molecule has 0 bridgehead atoms. The Hall–Kier alpha value is -0.770. The quantitative estimate of drug-likeness (QED) is 0.611. The molecule has 104 valence electrons. The lowest BCUT2D eigenvalue weighted by Gasteiger charge is -2.04. The fourth-order valence-electron chi connectivity index (χ4n) is 1.97. The monoisotopic (exact) mass is 269 g/mol. The molecule has 1 aromatic rings. The van der Waals surface area contributed by atoms with Gasteiger partial charge in [-0.25, -0.2) is 0 Å². The van der Waals surface area contributed by atoms with Crippen molar-refractivity contribution >= 4 is 22.4 Å². The topological polar surface area (TPSA) is 50.9 Å². The van der Waals surface area contributed by atoms with Crippen molar-refractivity contribution in [1.82, 2.24) is 4.37 Å². The van der Waals surface area contributed by atoms with Gasteiger partial charge in [-0.3, -0.25) is 0 Å². The molecule has 1 aromatic heterocycles. The van der Waals surface area contributed by atoms with E-state index >= 15 is 0 Å². The zero-order valence-electron chi connectivity index (χ0n) is 11.8. The van der Waals surface area contributed by atoms with Gasteiger partial charge >= 0.3 is 0 Å². The van der Waals surface area contributed by atoms with Crippen molar-refractivity contribution < 1.29 is 0 Å². The van der Waals surface area contributed by atoms with Crippen molar-refractivity contribution in [2.24, 2.45) is 0 Å². The van der Waals surface area contributed by atoms with Crippen molar-refractivity contribution in [2.45, 2.75) is 65.2 Å². The van der Waals surface area contributed by atoms with Crippen LogP contribution >= 0.6 is 11.5 Å². The fourth-order valence-corrected chi connectivity index (χ4v) is 2.71. The van der Waals surface area contributed by atoms with E-state index in [1.807, 2.05) is 6.92 Å². The molecule has 0 aromatic carbocycles. The van der Waals surface area contributed by atoms with E-state index in [-0.39, 0.29) is 0 Å². The molecule has 0 unspecified atom stereocenters. The molecule has 3 N–H and O–H groups in total. The van der Waals surface area contributed by atoms with Gasteiger partial charge in [0.15, 0.2) is 0 Å². The third-order valence-corrected chi connectivity index (χ3v) is 4.20. The van der Waals surface area contributed by atoms with Crippen molar-refractivity contribution in [3.63, 3.8) is 0 Å². The number of nitrogens with zero attached hydrogens (tertiary/aromatic N) is 1. The van der Waals surface area contributed by atoms with Crippen LogP contribution in [0.4, 0.5) is 10.8 Å². The minimum Gasteiger partial charge on any atom is -0.383 e. The largest absolute Gasteiger partial charge is 0.383 e. The van der Waals surface area contributed by atoms with Gasteiger partial charge in [0, 0.05) is 12.1 Å². The maximum absolute atomic E-state index is 5.71. The van der Waals surface area contributed by atoms with Crippen LogP contribution in [0.1, 0.15) is 63.9 Å². The van der Waals surface area contributed by atoms with Gasteiger partial charge in [-0.15, -0.1) is 0 Å². The van der Waals surface area contributed by atoms with E-state index in [0.717, 1.165) is 17.1 Å². The first kappa shape index (κ1) is 15.3. The highest BCUT2D eigenvalue weighted by molar-refractivity contribution is 7.10. The zero-order chi connectivity index (χ0) is 13.2. The van der Waals surface area contributed by atoms with E-state index in [2.05, 4.69) is 16.6 Å². The lowest BCUT2D eigenvalue weighted by molar-refractivity contribution is 0.581. The minimum absolute atomic E-state index is 0.665. The summed E-state index contributed by atoms with van der Waals surface area (Å²) in [5.41, 5.74) is 6.81. The summed E-state index contributed by atoms with van der Waals surface area (Å²) in [4.78, 5) is 0. The Balaban J connectivity index is 1.94. The summed E-state index contributed by atoms with van der Waals surface area (Å²) < 4.78 is 4.13. The number of anilines is 2. The molecule has 0 atom stereocenters. The Bertz CT molecular complexity index is 323. The predicted molar refractivity (Wildman–Crippen MR) is 82.4 cm³/mol. The van der Waals surface area contributed by atoms with E-state index in [9.17, 15) is 0 Å². The molecular weight excluding hydrogens is 242 g/mol. The Kier molecular flexibility index (Phi) is 7.81. The number of aromatic nitrogens is 1. The van der Waals surface area contributed by atoms with Crippen LogP contribution in [-0.4, -0.2) is 10.9 Å². The fraction of sp³-hybridized carbons (Fsp3) is 0.786. The van der Waals surface area contributed by atoms with E-state index in [1.165, 1.54) is 62.9 Å². The summed E-state index contributed by atoms with van der Waals surface area (Å²) in [7, 11) is 0. The molecule has 18 heavy (non-hydrogen) atoms. The summed E-state index contributed by atoms with van der Waals surface area (Å²) in [6.45, 7) is 5.33. The summed E-state index contributed by atoms with van der Waals surface area (Å²) in [6.07, 6.45) is 10.9. The molecule has 0 amide bonds. The van der Waals surface area contributed by atoms with Crippen LogP contribution in [0.5, 0.6) is 0 Å². The third kappa shape index (κ3) is 5.71. The van der Waals surface area contributed by atoms with Crippen molar-refractivity contribution in [1.29, 1.82) is 0 Å². The summed E-state index contributed by atoms with van der Waals surface area (Å²) in [5, 5.41) is 4.56. The van der Waals surface area contributed by atoms with Crippen LogP contribution in [-0.2, 0) is 0 Å². The molecule has 4 heteroatoms. The summed E-state index contributed by atoms with van der Waals surface area (Å²) in [6, 6.07) is 0. The molecule has 0 radical (unpaired) electrons. The highest BCUT2D eigenvalue weighted by Gasteiger charge is 2.04. The summed E-state index contributed by atoms with van der Waals surface area (Å²) >= 11 is 1.47. The first-order chi connectivity index (χ1) is 8.75. The second-order valence-corrected chi connectivity index (χ2v) is 5.70. The molecule has 3 nitrogen and oxygen atoms in total. The van der Waals surface area contributed by atoms with Gasteiger partial charge in [-0.2, -0.15) is 4.37 Å². The molecule has 0 saturated heterocycles. The van der Waals surface area contributed by atoms with E-state index in [1.54, 1.807) is 0 Å². The van der Waals surface area contributed by atoms with E-state index in [4.69, 9.17) is 5.73 Å². The molecule has 0 saturated carbocycles. The number of nitrogen functional groups attached to an aromatic ring is 1. The Morgan fingerprint density at radius 2 is 1.67 bits per heavy atom. The van der Waals surface area contributed by atoms with E-state index < -0.39 is 0 Å². The number of hydrogen-bond acceptors (Lipinski definition) is 4. The highest BCUT2D eigenvalue weighted by atomic mass is 32.1. The molecule has 0 aliphatic rings. The van der Waals surface area contributed by atoms with Crippen LogP contribution in [0, 0.1) is 6.92 Å². The van der Waals surface area contributed by atoms with Crippen LogP contribution in [0.2, 0.25) is 0 Å². The average Bonchev–Trinajstić information content (AvgIpc) is 2.68. The maximum Gasteiger partial charge on any atom is 0.142 e. The van der Waals surface area contributed by atoms with Gasteiger partial charge < -0.3 is 11.1 Å². The van der Waals surface area contributed by atoms with Gasteiger partial charge in [0.2, 0.25) is 0 Å². The molecule has 0 aliphatic carbocycles. The van der Waals surface area contributed by atoms with Gasteiger partial charge in [0.25, 0.3) is 0 Å². The van der Waals surface area contributed by atoms with Gasteiger partial charge in [0.1, 0.15) is 10.8 Å². The molecule has 1 heterocycles. The van der Waals surface area contributed by atoms with Crippen LogP contribution in [0.15, 0.2) is 0 Å². The third-order valence-electron chi connectivity index (χ3n) is 3.28. The SMILES string of the molecule is CCCCCCCCCCNc1snc(N)c1C. The number of unbranched alkanes of at least 4 members (excludes halogenated alkanes) is 7. The van der Waals surface area contributed by atoms with Gasteiger partial charge in [-0.1, -0.05) is 51.9 Å². The molecular formula is C14H27N3S. The molecule has 0 aliphatic heterocycles. The smallest absolute Gasteiger partial charge is 0.142 e. The van der Waals surface area contributed by atoms with Gasteiger partial charge in [-0.05, 0) is 24.9 Å². The number of rotatable bonds is 10. The molecule has 1 rings (SSSR count). The lowest BCUT2D eigenvalue weighted by atomic mass is 10.1. The molecule has 0 spiro atoms. The highest BCUT2D eigenvalue weighted by Crippen LogP contribution is 2.25. The second kappa shape index (κ2) is 9.20. The second-order valence-electron chi connectivity index (χ2n) is 4.92. The standard InChI is InChI=1S/C14H27N3S/c1-3-4-5-6-7-8-9-10-11-16-14-12(2)13(15)17-18-14/h16H,3-11H2,1-2H3,(H2,15,17). The molecule has 0 fully saturated rings. The normalized spacial score (nSPS) is 10.8. The Labute approximate surface area is 115 Å². The first-order valence-electron chi connectivity index (χ1n) is 7.21. The summed E-state index contributed by atoms with van der Waals surface area (Å²) in [5.74, 6) is 0.665. The number of hydrogen-bond donors (Lipinski definition) is 2. The van der Waals surface area contributed by atoms with Gasteiger partial charge in [0.05, 0.1) is 0 Å². The Morgan fingerprint density at radius 3 is 2.22 bits per heavy atom. The van der Waals surface area contributed by atoms with Crippen molar-refractivity contribution in [3.8, 4) is 0 Å². The first-order valence-corrected chi connectivity index (χ1v) is 7.98.